The molecule has 0 saturated carbocycles. The molecule has 9 heteroatoms. The SMILES string of the molecule is CCOP(=O)(OCC)c1cc(Br)ccc1NC(=O)c1ccc(OC)c(OC)c1. The van der Waals surface area contributed by atoms with Crippen LogP contribution in [-0.4, -0.2) is 33.3 Å². The summed E-state index contributed by atoms with van der Waals surface area (Å²) < 4.78 is 35.2. The van der Waals surface area contributed by atoms with Crippen molar-refractivity contribution in [3.8, 4) is 11.5 Å². The third-order valence-corrected chi connectivity index (χ3v) is 6.40. The quantitative estimate of drug-likeness (QED) is 0.537. The standard InChI is InChI=1S/C19H23BrNO6P/c1-5-26-28(23,27-6-2)18-12-14(20)8-9-15(18)21-19(22)13-7-10-16(24-3)17(11-13)25-4/h7-12H,5-6H2,1-4H3,(H,21,22). The Morgan fingerprint density at radius 1 is 1.00 bits per heavy atom. The average molecular weight is 472 g/mol. The number of halogens is 1. The van der Waals surface area contributed by atoms with Crippen molar-refractivity contribution in [2.45, 2.75) is 13.8 Å². The minimum absolute atomic E-state index is 0.201. The first-order valence-electron chi connectivity index (χ1n) is 8.61. The van der Waals surface area contributed by atoms with E-state index in [9.17, 15) is 9.36 Å². The summed E-state index contributed by atoms with van der Waals surface area (Å²) in [5.74, 6) is 0.546. The highest BCUT2D eigenvalue weighted by atomic mass is 79.9. The van der Waals surface area contributed by atoms with E-state index in [1.807, 2.05) is 0 Å². The van der Waals surface area contributed by atoms with Crippen LogP contribution in [-0.2, 0) is 13.6 Å². The van der Waals surface area contributed by atoms with Gasteiger partial charge >= 0.3 is 7.60 Å². The summed E-state index contributed by atoms with van der Waals surface area (Å²) in [6.45, 7) is 3.86. The molecule has 0 aliphatic rings. The van der Waals surface area contributed by atoms with Crippen LogP contribution in [0.4, 0.5) is 5.69 Å². The molecule has 2 rings (SSSR count). The number of amides is 1. The van der Waals surface area contributed by atoms with Crippen LogP contribution in [0, 0.1) is 0 Å². The summed E-state index contributed by atoms with van der Waals surface area (Å²) >= 11 is 3.36. The van der Waals surface area contributed by atoms with E-state index in [2.05, 4.69) is 21.2 Å². The Morgan fingerprint density at radius 3 is 2.21 bits per heavy atom. The minimum atomic E-state index is -3.60. The summed E-state index contributed by atoms with van der Waals surface area (Å²) in [7, 11) is -0.590. The van der Waals surface area contributed by atoms with Crippen molar-refractivity contribution < 1.29 is 27.9 Å². The number of rotatable bonds is 9. The number of carbonyl (C=O) groups excluding carboxylic acids is 1. The highest BCUT2D eigenvalue weighted by Gasteiger charge is 2.30. The zero-order valence-electron chi connectivity index (χ0n) is 16.2. The lowest BCUT2D eigenvalue weighted by Gasteiger charge is -2.20. The van der Waals surface area contributed by atoms with E-state index < -0.39 is 13.5 Å². The molecule has 0 spiro atoms. The van der Waals surface area contributed by atoms with Crippen LogP contribution in [0.1, 0.15) is 24.2 Å². The van der Waals surface area contributed by atoms with E-state index in [0.29, 0.717) is 27.2 Å². The second-order valence-electron chi connectivity index (χ2n) is 5.52. The van der Waals surface area contributed by atoms with Crippen molar-refractivity contribution in [2.24, 2.45) is 0 Å². The fourth-order valence-corrected chi connectivity index (χ4v) is 4.82. The zero-order chi connectivity index (χ0) is 20.7. The van der Waals surface area contributed by atoms with Crippen molar-refractivity contribution in [2.75, 3.05) is 32.8 Å². The third-order valence-electron chi connectivity index (χ3n) is 3.75. The first kappa shape index (κ1) is 22.4. The number of methoxy groups -OCH3 is 2. The summed E-state index contributed by atoms with van der Waals surface area (Å²) in [5, 5.41) is 3.05. The van der Waals surface area contributed by atoms with Crippen molar-refractivity contribution in [1.82, 2.24) is 0 Å². The smallest absolute Gasteiger partial charge is 0.363 e. The van der Waals surface area contributed by atoms with Gasteiger partial charge in [-0.25, -0.2) is 0 Å². The molecule has 0 aliphatic heterocycles. The van der Waals surface area contributed by atoms with Crippen LogP contribution >= 0.6 is 23.5 Å². The predicted octanol–water partition coefficient (Wildman–Crippen LogP) is 4.61. The molecular weight excluding hydrogens is 449 g/mol. The monoisotopic (exact) mass is 471 g/mol. The van der Waals surface area contributed by atoms with E-state index in [1.165, 1.54) is 14.2 Å². The Labute approximate surface area is 173 Å². The van der Waals surface area contributed by atoms with E-state index in [1.54, 1.807) is 50.2 Å². The Kier molecular flexibility index (Phi) is 8.07. The van der Waals surface area contributed by atoms with Gasteiger partial charge < -0.3 is 23.8 Å². The van der Waals surface area contributed by atoms with Crippen molar-refractivity contribution in [3.63, 3.8) is 0 Å². The highest BCUT2D eigenvalue weighted by Crippen LogP contribution is 2.49. The number of anilines is 1. The molecule has 0 saturated heterocycles. The summed E-state index contributed by atoms with van der Waals surface area (Å²) in [6, 6.07) is 9.81. The van der Waals surface area contributed by atoms with Gasteiger partial charge in [-0.1, -0.05) is 15.9 Å². The predicted molar refractivity (Wildman–Crippen MR) is 112 cm³/mol. The van der Waals surface area contributed by atoms with Crippen molar-refractivity contribution >= 4 is 40.4 Å². The Hall–Kier alpha value is -1.86. The van der Waals surface area contributed by atoms with Crippen LogP contribution in [0.2, 0.25) is 0 Å². The molecule has 0 unspecified atom stereocenters. The maximum absolute atomic E-state index is 13.2. The van der Waals surface area contributed by atoms with Gasteiger partial charge in [-0.3, -0.25) is 9.36 Å². The third kappa shape index (κ3) is 5.14. The summed E-state index contributed by atoms with van der Waals surface area (Å²) in [5.41, 5.74) is 0.697. The van der Waals surface area contributed by atoms with Gasteiger partial charge in [-0.15, -0.1) is 0 Å². The van der Waals surface area contributed by atoms with Crippen LogP contribution < -0.4 is 20.1 Å². The van der Waals surface area contributed by atoms with Crippen LogP contribution in [0.5, 0.6) is 11.5 Å². The van der Waals surface area contributed by atoms with E-state index in [0.717, 1.165) is 0 Å². The Balaban J connectivity index is 2.41. The lowest BCUT2D eigenvalue weighted by Crippen LogP contribution is -2.21. The number of ether oxygens (including phenoxy) is 2. The van der Waals surface area contributed by atoms with Gasteiger partial charge in [0, 0.05) is 10.0 Å². The average Bonchev–Trinajstić information content (AvgIpc) is 2.69. The molecule has 0 aromatic heterocycles. The number of benzene rings is 2. The first-order chi connectivity index (χ1) is 13.4. The van der Waals surface area contributed by atoms with Crippen molar-refractivity contribution in [1.29, 1.82) is 0 Å². The molecule has 2 aromatic carbocycles. The second kappa shape index (κ2) is 10.1. The van der Waals surface area contributed by atoms with Gasteiger partial charge in [0.2, 0.25) is 0 Å². The molecule has 0 fully saturated rings. The lowest BCUT2D eigenvalue weighted by atomic mass is 10.2. The molecule has 0 radical (unpaired) electrons. The molecule has 28 heavy (non-hydrogen) atoms. The van der Waals surface area contributed by atoms with E-state index in [-0.39, 0.29) is 18.5 Å². The fraction of sp³-hybridized carbons (Fsp3) is 0.316. The molecule has 7 nitrogen and oxygen atoms in total. The summed E-state index contributed by atoms with van der Waals surface area (Å²) in [4.78, 5) is 12.8. The topological polar surface area (TPSA) is 83.1 Å². The zero-order valence-corrected chi connectivity index (χ0v) is 18.6. The molecule has 0 heterocycles. The number of hydrogen-bond acceptors (Lipinski definition) is 6. The largest absolute Gasteiger partial charge is 0.493 e. The maximum atomic E-state index is 13.2. The van der Waals surface area contributed by atoms with Gasteiger partial charge in [-0.2, -0.15) is 0 Å². The Morgan fingerprint density at radius 2 is 1.64 bits per heavy atom. The van der Waals surface area contributed by atoms with E-state index in [4.69, 9.17) is 18.5 Å². The van der Waals surface area contributed by atoms with Gasteiger partial charge in [0.25, 0.3) is 5.91 Å². The second-order valence-corrected chi connectivity index (χ2v) is 8.43. The number of carbonyl (C=O) groups is 1. The molecule has 1 amide bonds. The Bertz CT molecular complexity index is 879. The summed E-state index contributed by atoms with van der Waals surface area (Å²) in [6.07, 6.45) is 0. The molecule has 1 N–H and O–H groups in total. The number of hydrogen-bond donors (Lipinski definition) is 1. The fourth-order valence-electron chi connectivity index (χ4n) is 2.53. The highest BCUT2D eigenvalue weighted by molar-refractivity contribution is 9.10. The maximum Gasteiger partial charge on any atom is 0.363 e. The van der Waals surface area contributed by atoms with Crippen LogP contribution in [0.25, 0.3) is 0 Å². The van der Waals surface area contributed by atoms with Gasteiger partial charge in [0.05, 0.1) is 38.4 Å². The van der Waals surface area contributed by atoms with Crippen LogP contribution in [0.15, 0.2) is 40.9 Å². The molecule has 0 atom stereocenters. The lowest BCUT2D eigenvalue weighted by molar-refractivity contribution is 0.102. The first-order valence-corrected chi connectivity index (χ1v) is 10.9. The van der Waals surface area contributed by atoms with Crippen LogP contribution in [0.3, 0.4) is 0 Å². The van der Waals surface area contributed by atoms with Gasteiger partial charge in [-0.05, 0) is 50.2 Å². The number of nitrogens with one attached hydrogen (secondary N) is 1. The normalized spacial score (nSPS) is 11.2. The van der Waals surface area contributed by atoms with E-state index >= 15 is 0 Å². The molecule has 0 bridgehead atoms. The van der Waals surface area contributed by atoms with Crippen molar-refractivity contribution in [3.05, 3.63) is 46.4 Å². The molecular formula is C19H23BrNO6P. The molecule has 152 valence electrons. The minimum Gasteiger partial charge on any atom is -0.493 e. The van der Waals surface area contributed by atoms with Gasteiger partial charge in [0.1, 0.15) is 0 Å². The molecule has 0 aliphatic carbocycles. The molecule has 2 aromatic rings. The van der Waals surface area contributed by atoms with Gasteiger partial charge in [0.15, 0.2) is 11.5 Å².